The van der Waals surface area contributed by atoms with Crippen LogP contribution >= 0.6 is 0 Å². The molecule has 1 spiro atoms. The van der Waals surface area contributed by atoms with Crippen molar-refractivity contribution in [3.05, 3.63) is 41.5 Å². The molecule has 1 N–H and O–H groups in total. The number of phenols is 1. The van der Waals surface area contributed by atoms with Crippen molar-refractivity contribution in [2.75, 3.05) is 49.8 Å². The Hall–Kier alpha value is -3.91. The summed E-state index contributed by atoms with van der Waals surface area (Å²) >= 11 is 0. The first kappa shape index (κ1) is 29.5. The summed E-state index contributed by atoms with van der Waals surface area (Å²) in [6.45, 7) is 2.89. The molecule has 0 bridgehead atoms. The minimum Gasteiger partial charge on any atom is -0.508 e. The molecular weight excluding hydrogens is 623 g/mol. The minimum absolute atomic E-state index is 0.0245. The van der Waals surface area contributed by atoms with Crippen molar-refractivity contribution in [1.82, 2.24) is 19.9 Å². The molecule has 3 saturated heterocycles. The molecule has 2 atom stereocenters. The van der Waals surface area contributed by atoms with Crippen LogP contribution in [-0.2, 0) is 16.3 Å². The number of anilines is 1. The van der Waals surface area contributed by atoms with E-state index >= 15 is 8.78 Å². The van der Waals surface area contributed by atoms with Crippen LogP contribution in [0, 0.1) is 11.6 Å². The van der Waals surface area contributed by atoms with E-state index < -0.39 is 38.7 Å². The van der Waals surface area contributed by atoms with Crippen LogP contribution in [0.2, 0.25) is 0 Å². The number of aromatic hydroxyl groups is 1. The largest absolute Gasteiger partial charge is 0.508 e. The van der Waals surface area contributed by atoms with Gasteiger partial charge in [0, 0.05) is 25.6 Å². The van der Waals surface area contributed by atoms with E-state index in [4.69, 9.17) is 9.47 Å². The Labute approximate surface area is 263 Å². The fourth-order valence-corrected chi connectivity index (χ4v) is 10.1. The van der Waals surface area contributed by atoms with Gasteiger partial charge in [0.25, 0.3) is 0 Å². The lowest BCUT2D eigenvalue weighted by molar-refractivity contribution is 0.107. The highest BCUT2D eigenvalue weighted by Crippen LogP contribution is 2.46. The number of pyridine rings is 1. The Balaban J connectivity index is 1.33. The fourth-order valence-electron chi connectivity index (χ4n) is 7.95. The van der Waals surface area contributed by atoms with Crippen molar-refractivity contribution < 1.29 is 36.2 Å². The van der Waals surface area contributed by atoms with Crippen LogP contribution in [0.1, 0.15) is 31.7 Å². The number of sulfone groups is 1. The Morgan fingerprint density at radius 3 is 2.72 bits per heavy atom. The third-order valence-corrected chi connectivity index (χ3v) is 12.1. The molecule has 0 unspecified atom stereocenters. The molecule has 0 saturated carbocycles. The number of fused-ring (bicyclic) bond motifs is 2. The highest BCUT2D eigenvalue weighted by Gasteiger charge is 2.55. The number of hydrogen-bond acceptors (Lipinski definition) is 10. The quantitative estimate of drug-likeness (QED) is 0.333. The molecule has 242 valence electrons. The maximum atomic E-state index is 16.9. The number of rotatable bonds is 5. The molecule has 6 heterocycles. The number of benzene rings is 2. The van der Waals surface area contributed by atoms with E-state index in [-0.39, 0.29) is 70.3 Å². The second-order valence-corrected chi connectivity index (χ2v) is 15.1. The summed E-state index contributed by atoms with van der Waals surface area (Å²) in [4.78, 5) is 17.5. The van der Waals surface area contributed by atoms with Crippen molar-refractivity contribution in [3.63, 3.8) is 0 Å². The third-order valence-electron chi connectivity index (χ3n) is 10.2. The average molecular weight is 656 g/mol. The lowest BCUT2D eigenvalue weighted by Gasteiger charge is -2.46. The Morgan fingerprint density at radius 1 is 1.15 bits per heavy atom. The molecule has 8 rings (SSSR count). The monoisotopic (exact) mass is 655 g/mol. The van der Waals surface area contributed by atoms with Crippen LogP contribution < -0.4 is 14.4 Å². The van der Waals surface area contributed by atoms with Crippen LogP contribution in [0.25, 0.3) is 32.9 Å². The van der Waals surface area contributed by atoms with Crippen LogP contribution in [-0.4, -0.2) is 95.5 Å². The van der Waals surface area contributed by atoms with E-state index in [0.717, 1.165) is 19.4 Å². The van der Waals surface area contributed by atoms with Gasteiger partial charge in [-0.3, -0.25) is 4.90 Å². The van der Waals surface area contributed by atoms with E-state index in [2.05, 4.69) is 19.9 Å². The number of alkyl halides is 1. The van der Waals surface area contributed by atoms with Crippen molar-refractivity contribution >= 4 is 37.3 Å². The molecule has 4 aromatic rings. The Morgan fingerprint density at radius 2 is 1.96 bits per heavy atom. The zero-order valence-electron chi connectivity index (χ0n) is 25.3. The molecule has 3 fully saturated rings. The smallest absolute Gasteiger partial charge is 0.319 e. The van der Waals surface area contributed by atoms with Gasteiger partial charge >= 0.3 is 6.01 Å². The SMILES string of the molecule is CCc1c(F)ccc2cc(O)cc(-c3nc4c5c(nc(OC[C@@]67CCCN6C[C@H](F)C7)nc5c3F)N(C)C3(CO4)CS(=O)(=O)C3)c12. The molecule has 2 aromatic heterocycles. The summed E-state index contributed by atoms with van der Waals surface area (Å²) in [7, 11) is -1.67. The Bertz CT molecular complexity index is 2050. The first-order chi connectivity index (χ1) is 21.9. The van der Waals surface area contributed by atoms with Crippen molar-refractivity contribution in [3.8, 4) is 28.9 Å². The first-order valence-electron chi connectivity index (χ1n) is 15.4. The number of phenolic OH excluding ortho intramolecular Hbond substituents is 1. The lowest BCUT2D eigenvalue weighted by Crippen LogP contribution is -2.67. The van der Waals surface area contributed by atoms with Gasteiger partial charge in [-0.2, -0.15) is 9.97 Å². The first-order valence-corrected chi connectivity index (χ1v) is 17.2. The normalized spacial score (nSPS) is 24.6. The predicted octanol–water partition coefficient (Wildman–Crippen LogP) is 4.34. The standard InChI is InChI=1S/C32H32F3N5O5S/c1-3-20-22(34)6-5-17-9-19(41)10-21(23(17)20)26-25(35)27-24-28(39(2)32(14-44-29(24)36-26)15-46(42,43)16-32)38-30(37-27)45-13-31-7-4-8-40(31)12-18(33)11-31/h5-6,9-10,18,41H,3-4,7-8,11-16H2,1-2H3/t18-,31+/m1/s1. The van der Waals surface area contributed by atoms with E-state index in [1.807, 2.05) is 0 Å². The molecule has 4 aliphatic rings. The topological polar surface area (TPSA) is 118 Å². The maximum absolute atomic E-state index is 16.9. The molecule has 0 aliphatic carbocycles. The molecule has 10 nitrogen and oxygen atoms in total. The van der Waals surface area contributed by atoms with Gasteiger partial charge < -0.3 is 19.5 Å². The maximum Gasteiger partial charge on any atom is 0.319 e. The molecule has 46 heavy (non-hydrogen) atoms. The summed E-state index contributed by atoms with van der Waals surface area (Å²) in [6, 6.07) is 5.46. The summed E-state index contributed by atoms with van der Waals surface area (Å²) in [5.41, 5.74) is -1.44. The zero-order chi connectivity index (χ0) is 32.2. The highest BCUT2D eigenvalue weighted by molar-refractivity contribution is 7.93. The number of halogens is 3. The second kappa shape index (κ2) is 10.0. The third kappa shape index (κ3) is 4.32. The average Bonchev–Trinajstić information content (AvgIpc) is 3.49. The molecule has 0 radical (unpaired) electrons. The molecular formula is C32H32F3N5O5S. The minimum atomic E-state index is -3.34. The van der Waals surface area contributed by atoms with Gasteiger partial charge in [0.15, 0.2) is 15.7 Å². The molecule has 4 aliphatic heterocycles. The molecule has 2 aromatic carbocycles. The second-order valence-electron chi connectivity index (χ2n) is 13.1. The van der Waals surface area contributed by atoms with Crippen LogP contribution in [0.3, 0.4) is 0 Å². The van der Waals surface area contributed by atoms with E-state index in [1.54, 1.807) is 18.9 Å². The zero-order valence-corrected chi connectivity index (χ0v) is 26.1. The van der Waals surface area contributed by atoms with Crippen LogP contribution in [0.5, 0.6) is 17.6 Å². The lowest BCUT2D eigenvalue weighted by atomic mass is 9.94. The van der Waals surface area contributed by atoms with Gasteiger partial charge in [-0.15, -0.1) is 0 Å². The fraction of sp³-hybridized carbons (Fsp3) is 0.469. The van der Waals surface area contributed by atoms with Crippen LogP contribution in [0.4, 0.5) is 19.0 Å². The van der Waals surface area contributed by atoms with E-state index in [1.165, 1.54) is 24.3 Å². The summed E-state index contributed by atoms with van der Waals surface area (Å²) < 4.78 is 83.5. The highest BCUT2D eigenvalue weighted by atomic mass is 32.2. The van der Waals surface area contributed by atoms with Crippen molar-refractivity contribution in [2.45, 2.75) is 49.9 Å². The van der Waals surface area contributed by atoms with Crippen molar-refractivity contribution in [1.29, 1.82) is 0 Å². The van der Waals surface area contributed by atoms with Gasteiger partial charge in [-0.25, -0.2) is 26.6 Å². The number of aryl methyl sites for hydroxylation is 1. The number of likely N-dealkylation sites (N-methyl/N-ethyl adjacent to an activating group) is 1. The van der Waals surface area contributed by atoms with Gasteiger partial charge in [0.05, 0.1) is 17.0 Å². The number of ether oxygens (including phenoxy) is 2. The predicted molar refractivity (Wildman–Crippen MR) is 165 cm³/mol. The van der Waals surface area contributed by atoms with Crippen molar-refractivity contribution in [2.24, 2.45) is 0 Å². The summed E-state index contributed by atoms with van der Waals surface area (Å²) in [6.07, 6.45) is 1.29. The van der Waals surface area contributed by atoms with Gasteiger partial charge in [0.1, 0.15) is 58.9 Å². The Kier molecular flexibility index (Phi) is 6.44. The number of aromatic nitrogens is 3. The summed E-state index contributed by atoms with van der Waals surface area (Å²) in [5, 5.41) is 11.6. The number of hydrogen-bond donors (Lipinski definition) is 1. The van der Waals surface area contributed by atoms with Gasteiger partial charge in [0.2, 0.25) is 5.88 Å². The summed E-state index contributed by atoms with van der Waals surface area (Å²) in [5.74, 6) is -1.75. The molecule has 0 amide bonds. The van der Waals surface area contributed by atoms with Crippen LogP contribution in [0.15, 0.2) is 24.3 Å². The number of nitrogens with zero attached hydrogens (tertiary/aromatic N) is 5. The van der Waals surface area contributed by atoms with Gasteiger partial charge in [-0.1, -0.05) is 13.0 Å². The molecule has 14 heteroatoms. The van der Waals surface area contributed by atoms with E-state index in [0.29, 0.717) is 35.7 Å². The van der Waals surface area contributed by atoms with Gasteiger partial charge in [-0.05, 0) is 60.3 Å². The van der Waals surface area contributed by atoms with E-state index in [9.17, 15) is 17.9 Å².